The number of para-hydroxylation sites is 2. The van der Waals surface area contributed by atoms with Gasteiger partial charge >= 0.3 is 5.97 Å². The summed E-state index contributed by atoms with van der Waals surface area (Å²) in [6.45, 7) is 1.77. The minimum absolute atomic E-state index is 0.163. The number of halogens is 1. The molecule has 1 aliphatic rings. The van der Waals surface area contributed by atoms with Gasteiger partial charge in [-0.2, -0.15) is 0 Å². The number of carbonyl (C=O) groups excluding carboxylic acids is 1. The molecule has 40 heavy (non-hydrogen) atoms. The minimum atomic E-state index is -1.08. The minimum Gasteiger partial charge on any atom is -0.480 e. The van der Waals surface area contributed by atoms with Crippen molar-refractivity contribution in [2.24, 2.45) is 0 Å². The highest BCUT2D eigenvalue weighted by molar-refractivity contribution is 9.10. The molecule has 0 aromatic heterocycles. The van der Waals surface area contributed by atoms with Crippen molar-refractivity contribution >= 4 is 33.5 Å². The van der Waals surface area contributed by atoms with Crippen LogP contribution in [0, 0.1) is 0 Å². The molecule has 1 heterocycles. The molecule has 4 aromatic carbocycles. The topological polar surface area (TPSA) is 78.9 Å². The van der Waals surface area contributed by atoms with Gasteiger partial charge in [0.2, 0.25) is 0 Å². The lowest BCUT2D eigenvalue weighted by molar-refractivity contribution is -0.139. The number of carbonyl (C=O) groups is 2. The Hall–Kier alpha value is -4.10. The Balaban J connectivity index is 1.31. The molecular formula is C33H31BrN2O4. The predicted molar refractivity (Wildman–Crippen MR) is 161 cm³/mol. The molecule has 7 heteroatoms. The van der Waals surface area contributed by atoms with Gasteiger partial charge in [-0.3, -0.25) is 4.79 Å². The SMILES string of the molecule is O=C(N[C@@H](Cc1ccc(-c2ccccc2Oc2ccccc2)cc1)C(=O)O)c1cc(Br)ccc1N1CCCCC1. The smallest absolute Gasteiger partial charge is 0.326 e. The third-order valence-corrected chi connectivity index (χ3v) is 7.56. The highest BCUT2D eigenvalue weighted by Gasteiger charge is 2.25. The van der Waals surface area contributed by atoms with Crippen LogP contribution in [0.3, 0.4) is 0 Å². The number of anilines is 1. The number of hydrogen-bond acceptors (Lipinski definition) is 4. The van der Waals surface area contributed by atoms with Crippen LogP contribution in [0.5, 0.6) is 11.5 Å². The second-order valence-electron chi connectivity index (χ2n) is 9.89. The molecule has 0 saturated carbocycles. The van der Waals surface area contributed by atoms with Crippen molar-refractivity contribution in [3.8, 4) is 22.6 Å². The van der Waals surface area contributed by atoms with Crippen LogP contribution >= 0.6 is 15.9 Å². The molecule has 1 amide bonds. The summed E-state index contributed by atoms with van der Waals surface area (Å²) in [4.78, 5) is 27.7. The number of amides is 1. The lowest BCUT2D eigenvalue weighted by Crippen LogP contribution is -2.43. The van der Waals surface area contributed by atoms with E-state index in [4.69, 9.17) is 4.74 Å². The van der Waals surface area contributed by atoms with Gasteiger partial charge in [-0.15, -0.1) is 0 Å². The molecule has 1 saturated heterocycles. The third-order valence-electron chi connectivity index (χ3n) is 7.07. The summed E-state index contributed by atoms with van der Waals surface area (Å²) in [6.07, 6.45) is 3.50. The zero-order valence-corrected chi connectivity index (χ0v) is 23.6. The highest BCUT2D eigenvalue weighted by Crippen LogP contribution is 2.33. The van der Waals surface area contributed by atoms with Gasteiger partial charge < -0.3 is 20.1 Å². The molecule has 1 aliphatic heterocycles. The summed E-state index contributed by atoms with van der Waals surface area (Å²) in [5, 5.41) is 12.7. The van der Waals surface area contributed by atoms with Gasteiger partial charge in [0.15, 0.2) is 0 Å². The van der Waals surface area contributed by atoms with Crippen LogP contribution in [-0.2, 0) is 11.2 Å². The van der Waals surface area contributed by atoms with Crippen molar-refractivity contribution in [2.75, 3.05) is 18.0 Å². The molecule has 6 nitrogen and oxygen atoms in total. The van der Waals surface area contributed by atoms with Gasteiger partial charge in [0.25, 0.3) is 5.91 Å². The Labute approximate surface area is 242 Å². The van der Waals surface area contributed by atoms with Crippen molar-refractivity contribution in [2.45, 2.75) is 31.7 Å². The third kappa shape index (κ3) is 6.72. The lowest BCUT2D eigenvalue weighted by Gasteiger charge is -2.30. The number of rotatable bonds is 9. The molecular weight excluding hydrogens is 568 g/mol. The fraction of sp³-hybridized carbons (Fsp3) is 0.212. The standard InChI is InChI=1S/C33H31BrN2O4/c34-25-17-18-30(36-19-7-2-8-20-36)28(22-25)32(37)35-29(33(38)39)21-23-13-15-24(16-14-23)27-11-5-6-12-31(27)40-26-9-3-1-4-10-26/h1,3-6,9-18,22,29H,2,7-8,19-21H2,(H,35,37)(H,38,39)/t29-/m0/s1. The van der Waals surface area contributed by atoms with Crippen molar-refractivity contribution in [1.29, 1.82) is 0 Å². The number of piperidine rings is 1. The van der Waals surface area contributed by atoms with E-state index >= 15 is 0 Å². The molecule has 4 aromatic rings. The number of carboxylic acid groups (broad SMARTS) is 1. The average Bonchev–Trinajstić information content (AvgIpc) is 2.98. The Morgan fingerprint density at radius 1 is 0.875 bits per heavy atom. The summed E-state index contributed by atoms with van der Waals surface area (Å²) in [5.74, 6) is 0.0163. The zero-order valence-electron chi connectivity index (χ0n) is 22.1. The van der Waals surface area contributed by atoms with Gasteiger partial charge in [0.05, 0.1) is 5.56 Å². The van der Waals surface area contributed by atoms with Crippen LogP contribution in [0.15, 0.2) is 102 Å². The maximum atomic E-state index is 13.4. The van der Waals surface area contributed by atoms with Crippen LogP contribution in [-0.4, -0.2) is 36.1 Å². The number of hydrogen-bond donors (Lipinski definition) is 2. The van der Waals surface area contributed by atoms with E-state index in [2.05, 4.69) is 26.1 Å². The van der Waals surface area contributed by atoms with E-state index in [1.165, 1.54) is 6.42 Å². The Morgan fingerprint density at radius 3 is 2.30 bits per heavy atom. The molecule has 2 N–H and O–H groups in total. The van der Waals surface area contributed by atoms with E-state index < -0.39 is 17.9 Å². The van der Waals surface area contributed by atoms with E-state index in [1.54, 1.807) is 6.07 Å². The van der Waals surface area contributed by atoms with E-state index in [9.17, 15) is 14.7 Å². The molecule has 0 spiro atoms. The van der Waals surface area contributed by atoms with Gasteiger partial charge in [-0.25, -0.2) is 4.79 Å². The number of aliphatic carboxylic acids is 1. The van der Waals surface area contributed by atoms with Crippen molar-refractivity contribution < 1.29 is 19.4 Å². The normalized spacial score (nSPS) is 13.9. The monoisotopic (exact) mass is 598 g/mol. The first kappa shape index (κ1) is 27.5. The number of carboxylic acids is 1. The van der Waals surface area contributed by atoms with E-state index in [0.29, 0.717) is 5.56 Å². The van der Waals surface area contributed by atoms with Gasteiger partial charge in [0.1, 0.15) is 17.5 Å². The summed E-state index contributed by atoms with van der Waals surface area (Å²) in [7, 11) is 0. The van der Waals surface area contributed by atoms with Gasteiger partial charge in [0, 0.05) is 35.2 Å². The first-order valence-corrected chi connectivity index (χ1v) is 14.3. The van der Waals surface area contributed by atoms with Crippen molar-refractivity contribution in [3.63, 3.8) is 0 Å². The Bertz CT molecular complexity index is 1470. The first-order valence-electron chi connectivity index (χ1n) is 13.5. The maximum Gasteiger partial charge on any atom is 0.326 e. The van der Waals surface area contributed by atoms with Crippen LogP contribution in [0.4, 0.5) is 5.69 Å². The van der Waals surface area contributed by atoms with Gasteiger partial charge in [-0.05, 0) is 66.8 Å². The van der Waals surface area contributed by atoms with Crippen molar-refractivity contribution in [1.82, 2.24) is 5.32 Å². The summed E-state index contributed by atoms with van der Waals surface area (Å²) in [5.41, 5.74) is 4.01. The summed E-state index contributed by atoms with van der Waals surface area (Å²) < 4.78 is 6.88. The lowest BCUT2D eigenvalue weighted by atomic mass is 9.99. The molecule has 1 atom stereocenters. The quantitative estimate of drug-likeness (QED) is 0.211. The Kier molecular flexibility index (Phi) is 8.81. The molecule has 0 radical (unpaired) electrons. The molecule has 5 rings (SSSR count). The van der Waals surface area contributed by atoms with E-state index in [0.717, 1.165) is 64.3 Å². The van der Waals surface area contributed by atoms with E-state index in [1.807, 2.05) is 91.0 Å². The average molecular weight is 600 g/mol. The van der Waals surface area contributed by atoms with Gasteiger partial charge in [-0.1, -0.05) is 76.6 Å². The second-order valence-corrected chi connectivity index (χ2v) is 10.8. The second kappa shape index (κ2) is 12.8. The first-order chi connectivity index (χ1) is 19.5. The number of ether oxygens (including phenoxy) is 1. The van der Waals surface area contributed by atoms with Crippen LogP contribution < -0.4 is 15.0 Å². The van der Waals surface area contributed by atoms with Crippen LogP contribution in [0.2, 0.25) is 0 Å². The van der Waals surface area contributed by atoms with E-state index in [-0.39, 0.29) is 6.42 Å². The molecule has 0 aliphatic carbocycles. The fourth-order valence-electron chi connectivity index (χ4n) is 5.00. The molecule has 0 unspecified atom stereocenters. The van der Waals surface area contributed by atoms with Crippen molar-refractivity contribution in [3.05, 3.63) is 113 Å². The molecule has 204 valence electrons. The highest BCUT2D eigenvalue weighted by atomic mass is 79.9. The fourth-order valence-corrected chi connectivity index (χ4v) is 5.36. The van der Waals surface area contributed by atoms with Crippen LogP contribution in [0.1, 0.15) is 35.2 Å². The number of benzene rings is 4. The molecule has 0 bridgehead atoms. The molecule has 1 fully saturated rings. The summed E-state index contributed by atoms with van der Waals surface area (Å²) >= 11 is 3.46. The summed E-state index contributed by atoms with van der Waals surface area (Å²) in [6, 6.07) is 29.6. The number of nitrogens with one attached hydrogen (secondary N) is 1. The largest absolute Gasteiger partial charge is 0.480 e. The maximum absolute atomic E-state index is 13.4. The number of nitrogens with zero attached hydrogens (tertiary/aromatic N) is 1. The predicted octanol–water partition coefficient (Wildman–Crippen LogP) is 7.32. The Morgan fingerprint density at radius 2 is 1.57 bits per heavy atom. The van der Waals surface area contributed by atoms with Crippen LogP contribution in [0.25, 0.3) is 11.1 Å². The zero-order chi connectivity index (χ0) is 27.9.